The van der Waals surface area contributed by atoms with E-state index in [4.69, 9.17) is 11.6 Å². The van der Waals surface area contributed by atoms with E-state index in [1.165, 1.54) is 19.2 Å². The predicted molar refractivity (Wildman–Crippen MR) is 147 cm³/mol. The molecule has 0 fully saturated rings. The largest absolute Gasteiger partial charge is 0.453 e. The lowest BCUT2D eigenvalue weighted by Gasteiger charge is -2.22. The van der Waals surface area contributed by atoms with Crippen LogP contribution in [0.15, 0.2) is 90.0 Å². The Labute approximate surface area is 233 Å². The van der Waals surface area contributed by atoms with Gasteiger partial charge in [0, 0.05) is 28.4 Å². The van der Waals surface area contributed by atoms with E-state index in [2.05, 4.69) is 25.1 Å². The Morgan fingerprint density at radius 1 is 1.00 bits per heavy atom. The Bertz CT molecular complexity index is 1450. The summed E-state index contributed by atoms with van der Waals surface area (Å²) >= 11 is 7.21. The van der Waals surface area contributed by atoms with Crippen LogP contribution in [0.1, 0.15) is 17.3 Å². The van der Waals surface area contributed by atoms with E-state index >= 15 is 0 Å². The fourth-order valence-corrected chi connectivity index (χ4v) is 4.66. The monoisotopic (exact) mass is 568 g/mol. The SMILES string of the molecule is COC(=O)Nc1ccc(-c2cccnc2C(Cc2cc(F)cc(F)c2)NC(=O)NSc2ccccc2Cl)cc1. The number of rotatable bonds is 8. The average Bonchev–Trinajstić information content (AvgIpc) is 2.92. The molecule has 0 aliphatic heterocycles. The lowest BCUT2D eigenvalue weighted by atomic mass is 9.95. The molecule has 3 amide bonds. The number of hydrogen-bond acceptors (Lipinski definition) is 5. The Hall–Kier alpha value is -4.15. The predicted octanol–water partition coefficient (Wildman–Crippen LogP) is 7.15. The molecule has 1 unspecified atom stereocenters. The summed E-state index contributed by atoms with van der Waals surface area (Å²) in [4.78, 5) is 29.6. The first kappa shape index (κ1) is 27.9. The molecular formula is C28H23ClF2N4O3S. The highest BCUT2D eigenvalue weighted by Crippen LogP contribution is 2.30. The zero-order valence-electron chi connectivity index (χ0n) is 20.6. The van der Waals surface area contributed by atoms with Gasteiger partial charge in [0.25, 0.3) is 0 Å². The smallest absolute Gasteiger partial charge is 0.411 e. The molecule has 0 radical (unpaired) electrons. The molecule has 4 aromatic rings. The summed E-state index contributed by atoms with van der Waals surface area (Å²) in [5.74, 6) is -1.45. The van der Waals surface area contributed by atoms with Crippen LogP contribution in [0, 0.1) is 11.6 Å². The summed E-state index contributed by atoms with van der Waals surface area (Å²) in [6.07, 6.45) is 1.03. The maximum absolute atomic E-state index is 14.0. The molecule has 1 atom stereocenters. The van der Waals surface area contributed by atoms with Gasteiger partial charge in [-0.15, -0.1) is 0 Å². The van der Waals surface area contributed by atoms with E-state index < -0.39 is 29.8 Å². The third kappa shape index (κ3) is 7.68. The van der Waals surface area contributed by atoms with E-state index in [1.54, 1.807) is 60.8 Å². The molecule has 3 N–H and O–H groups in total. The van der Waals surface area contributed by atoms with Crippen LogP contribution in [0.4, 0.5) is 24.1 Å². The van der Waals surface area contributed by atoms with Crippen LogP contribution < -0.4 is 15.4 Å². The molecule has 0 saturated carbocycles. The van der Waals surface area contributed by atoms with Crippen molar-refractivity contribution in [1.82, 2.24) is 15.0 Å². The van der Waals surface area contributed by atoms with Crippen LogP contribution in [0.2, 0.25) is 5.02 Å². The maximum atomic E-state index is 14.0. The number of benzene rings is 3. The van der Waals surface area contributed by atoms with Gasteiger partial charge in [-0.1, -0.05) is 41.9 Å². The van der Waals surface area contributed by atoms with Gasteiger partial charge in [0.15, 0.2) is 0 Å². The number of ether oxygens (including phenoxy) is 1. The van der Waals surface area contributed by atoms with Crippen LogP contribution in [-0.2, 0) is 11.2 Å². The number of carbonyl (C=O) groups is 2. The van der Waals surface area contributed by atoms with Crippen LogP contribution in [0.25, 0.3) is 11.1 Å². The topological polar surface area (TPSA) is 92.3 Å². The summed E-state index contributed by atoms with van der Waals surface area (Å²) in [5.41, 5.74) is 2.77. The molecule has 3 aromatic carbocycles. The number of anilines is 1. The van der Waals surface area contributed by atoms with Crippen molar-refractivity contribution >= 4 is 41.4 Å². The lowest BCUT2D eigenvalue weighted by molar-refractivity contribution is 0.187. The molecule has 0 aliphatic rings. The van der Waals surface area contributed by atoms with Gasteiger partial charge < -0.3 is 10.1 Å². The van der Waals surface area contributed by atoms with E-state index in [-0.39, 0.29) is 6.42 Å². The van der Waals surface area contributed by atoms with Crippen LogP contribution in [0.5, 0.6) is 0 Å². The molecule has 7 nitrogen and oxygen atoms in total. The summed E-state index contributed by atoms with van der Waals surface area (Å²) < 4.78 is 35.3. The number of amides is 3. The minimum absolute atomic E-state index is 0.0604. The summed E-state index contributed by atoms with van der Waals surface area (Å²) in [6, 6.07) is 19.4. The van der Waals surface area contributed by atoms with Gasteiger partial charge >= 0.3 is 12.1 Å². The first-order chi connectivity index (χ1) is 18.8. The highest BCUT2D eigenvalue weighted by Gasteiger charge is 2.22. The number of hydrogen-bond donors (Lipinski definition) is 3. The molecule has 39 heavy (non-hydrogen) atoms. The zero-order chi connectivity index (χ0) is 27.8. The van der Waals surface area contributed by atoms with Gasteiger partial charge in [-0.3, -0.25) is 15.0 Å². The first-order valence-corrected chi connectivity index (χ1v) is 12.8. The van der Waals surface area contributed by atoms with Gasteiger partial charge in [-0.05, 0) is 72.0 Å². The van der Waals surface area contributed by atoms with Crippen molar-refractivity contribution in [3.8, 4) is 11.1 Å². The van der Waals surface area contributed by atoms with Crippen molar-refractivity contribution in [3.05, 3.63) is 113 Å². The number of urea groups is 1. The molecule has 0 bridgehead atoms. The summed E-state index contributed by atoms with van der Waals surface area (Å²) in [6.45, 7) is 0. The third-order valence-corrected chi connectivity index (χ3v) is 6.86. The molecule has 200 valence electrons. The number of halogens is 3. The number of pyridine rings is 1. The number of nitrogens with one attached hydrogen (secondary N) is 3. The standard InChI is InChI=1S/C28H23ClF2N4O3S/c1-38-28(37)33-21-10-8-18(9-11-21)22-5-4-12-32-26(22)24(15-17-13-19(30)16-20(31)14-17)34-27(36)35-39-25-7-3-2-6-23(25)29/h2-14,16,24H,15H2,1H3,(H,33,37)(H2,34,35,36). The van der Waals surface area contributed by atoms with Crippen molar-refractivity contribution in [2.45, 2.75) is 17.4 Å². The quantitative estimate of drug-likeness (QED) is 0.196. The molecule has 11 heteroatoms. The second kappa shape index (κ2) is 13.1. The van der Waals surface area contributed by atoms with Crippen molar-refractivity contribution in [2.75, 3.05) is 12.4 Å². The third-order valence-electron chi connectivity index (χ3n) is 5.55. The second-order valence-corrected chi connectivity index (χ2v) is 9.53. The van der Waals surface area contributed by atoms with Crippen LogP contribution in [-0.4, -0.2) is 24.2 Å². The van der Waals surface area contributed by atoms with E-state index in [1.807, 2.05) is 6.07 Å². The van der Waals surface area contributed by atoms with Crippen LogP contribution in [0.3, 0.4) is 0 Å². The average molecular weight is 569 g/mol. The summed E-state index contributed by atoms with van der Waals surface area (Å²) in [7, 11) is 1.27. The number of aromatic nitrogens is 1. The van der Waals surface area contributed by atoms with E-state index in [0.29, 0.717) is 32.4 Å². The summed E-state index contributed by atoms with van der Waals surface area (Å²) in [5, 5.41) is 5.93. The van der Waals surface area contributed by atoms with Crippen molar-refractivity contribution in [3.63, 3.8) is 0 Å². The minimum Gasteiger partial charge on any atom is -0.453 e. The van der Waals surface area contributed by atoms with Crippen molar-refractivity contribution in [2.24, 2.45) is 0 Å². The lowest BCUT2D eigenvalue weighted by Crippen LogP contribution is -2.36. The van der Waals surface area contributed by atoms with Crippen molar-refractivity contribution < 1.29 is 23.1 Å². The normalized spacial score (nSPS) is 11.4. The molecule has 1 heterocycles. The molecular weight excluding hydrogens is 546 g/mol. The number of carbonyl (C=O) groups excluding carboxylic acids is 2. The molecule has 0 aliphatic carbocycles. The van der Waals surface area contributed by atoms with E-state index in [9.17, 15) is 18.4 Å². The highest BCUT2D eigenvalue weighted by molar-refractivity contribution is 7.98. The Kier molecular flexibility index (Phi) is 9.35. The van der Waals surface area contributed by atoms with Gasteiger partial charge in [0.2, 0.25) is 0 Å². The van der Waals surface area contributed by atoms with Gasteiger partial charge in [0.05, 0.1) is 23.9 Å². The number of methoxy groups -OCH3 is 1. The molecule has 0 spiro atoms. The highest BCUT2D eigenvalue weighted by atomic mass is 35.5. The Morgan fingerprint density at radius 2 is 1.72 bits per heavy atom. The maximum Gasteiger partial charge on any atom is 0.411 e. The first-order valence-electron chi connectivity index (χ1n) is 11.7. The Morgan fingerprint density at radius 3 is 2.41 bits per heavy atom. The fraction of sp³-hybridized carbons (Fsp3) is 0.107. The molecule has 0 saturated heterocycles. The van der Waals surface area contributed by atoms with Crippen molar-refractivity contribution in [1.29, 1.82) is 0 Å². The number of nitrogens with zero attached hydrogens (tertiary/aromatic N) is 1. The van der Waals surface area contributed by atoms with Gasteiger partial charge in [0.1, 0.15) is 11.6 Å². The van der Waals surface area contributed by atoms with Crippen LogP contribution >= 0.6 is 23.5 Å². The molecule has 4 rings (SSSR count). The van der Waals surface area contributed by atoms with E-state index in [0.717, 1.165) is 23.6 Å². The zero-order valence-corrected chi connectivity index (χ0v) is 22.2. The van der Waals surface area contributed by atoms with Gasteiger partial charge in [-0.2, -0.15) is 0 Å². The van der Waals surface area contributed by atoms with Gasteiger partial charge in [-0.25, -0.2) is 18.4 Å². The fourth-order valence-electron chi connectivity index (χ4n) is 3.84. The minimum atomic E-state index is -0.762. The Balaban J connectivity index is 1.63. The second-order valence-electron chi connectivity index (χ2n) is 8.27. The molecule has 1 aromatic heterocycles.